The molecule has 1 atom stereocenters. The van der Waals surface area contributed by atoms with Crippen molar-refractivity contribution in [1.29, 1.82) is 0 Å². The van der Waals surface area contributed by atoms with Crippen molar-refractivity contribution in [2.75, 3.05) is 33.3 Å². The van der Waals surface area contributed by atoms with Crippen LogP contribution in [0.4, 0.5) is 4.39 Å². The predicted octanol–water partition coefficient (Wildman–Crippen LogP) is 2.58. The minimum Gasteiger partial charge on any atom is -0.496 e. The summed E-state index contributed by atoms with van der Waals surface area (Å²) < 4.78 is 18.9. The summed E-state index contributed by atoms with van der Waals surface area (Å²) in [6.07, 6.45) is 3.86. The molecule has 0 aromatic heterocycles. The van der Waals surface area contributed by atoms with Crippen LogP contribution in [0.1, 0.15) is 30.9 Å². The lowest BCUT2D eigenvalue weighted by Crippen LogP contribution is -2.47. The third kappa shape index (κ3) is 2.67. The van der Waals surface area contributed by atoms with E-state index in [9.17, 15) is 4.39 Å². The highest BCUT2D eigenvalue weighted by atomic mass is 19.1. The molecule has 1 aliphatic carbocycles. The average molecular weight is 278 g/mol. The first kappa shape index (κ1) is 13.8. The topological polar surface area (TPSA) is 24.5 Å². The number of nitrogens with zero attached hydrogens (tertiary/aromatic N) is 1. The Labute approximate surface area is 120 Å². The van der Waals surface area contributed by atoms with Crippen LogP contribution in [0, 0.1) is 11.7 Å². The molecule has 1 N–H and O–H groups in total. The molecule has 1 saturated carbocycles. The average Bonchev–Trinajstić information content (AvgIpc) is 2.44. The Kier molecular flexibility index (Phi) is 4.22. The van der Waals surface area contributed by atoms with Crippen molar-refractivity contribution in [1.82, 2.24) is 10.2 Å². The second kappa shape index (κ2) is 6.10. The summed E-state index contributed by atoms with van der Waals surface area (Å²) in [5.74, 6) is 1.16. The summed E-state index contributed by atoms with van der Waals surface area (Å²) in [5, 5.41) is 3.40. The van der Waals surface area contributed by atoms with E-state index >= 15 is 0 Å². The number of halogens is 1. The molecule has 1 heterocycles. The largest absolute Gasteiger partial charge is 0.496 e. The molecule has 0 bridgehead atoms. The second-order valence-electron chi connectivity index (χ2n) is 5.81. The molecule has 2 aliphatic rings. The molecule has 2 fully saturated rings. The Hall–Kier alpha value is -1.13. The van der Waals surface area contributed by atoms with Gasteiger partial charge in [-0.15, -0.1) is 0 Å². The molecular formula is C16H23FN2O. The number of benzene rings is 1. The van der Waals surface area contributed by atoms with Crippen molar-refractivity contribution in [3.63, 3.8) is 0 Å². The zero-order valence-corrected chi connectivity index (χ0v) is 12.1. The summed E-state index contributed by atoms with van der Waals surface area (Å²) >= 11 is 0. The maximum Gasteiger partial charge on any atom is 0.126 e. The molecule has 0 amide bonds. The van der Waals surface area contributed by atoms with Gasteiger partial charge in [0.15, 0.2) is 0 Å². The second-order valence-corrected chi connectivity index (χ2v) is 5.81. The summed E-state index contributed by atoms with van der Waals surface area (Å²) in [5.41, 5.74) is 1.15. The van der Waals surface area contributed by atoms with Crippen molar-refractivity contribution < 1.29 is 9.13 Å². The van der Waals surface area contributed by atoms with Crippen molar-refractivity contribution in [3.8, 4) is 5.75 Å². The molecule has 0 unspecified atom stereocenters. The van der Waals surface area contributed by atoms with Crippen molar-refractivity contribution in [2.45, 2.75) is 25.3 Å². The predicted molar refractivity (Wildman–Crippen MR) is 77.5 cm³/mol. The fraction of sp³-hybridized carbons (Fsp3) is 0.625. The Morgan fingerprint density at radius 3 is 2.65 bits per heavy atom. The first-order valence-electron chi connectivity index (χ1n) is 7.58. The van der Waals surface area contributed by atoms with E-state index < -0.39 is 0 Å². The van der Waals surface area contributed by atoms with Gasteiger partial charge in [0.05, 0.1) is 7.11 Å². The van der Waals surface area contributed by atoms with E-state index in [0.717, 1.165) is 31.7 Å². The number of nitrogens with one attached hydrogen (secondary N) is 1. The van der Waals surface area contributed by atoms with E-state index in [1.165, 1.54) is 25.3 Å². The molecule has 0 spiro atoms. The van der Waals surface area contributed by atoms with E-state index in [4.69, 9.17) is 4.74 Å². The van der Waals surface area contributed by atoms with Crippen LogP contribution in [0.15, 0.2) is 18.2 Å². The van der Waals surface area contributed by atoms with Gasteiger partial charge in [0.25, 0.3) is 0 Å². The molecule has 3 rings (SSSR count). The van der Waals surface area contributed by atoms with Gasteiger partial charge in [-0.25, -0.2) is 4.39 Å². The lowest BCUT2D eigenvalue weighted by Gasteiger charge is -2.43. The van der Waals surface area contributed by atoms with Gasteiger partial charge in [0.2, 0.25) is 0 Å². The van der Waals surface area contributed by atoms with E-state index in [2.05, 4.69) is 10.2 Å². The van der Waals surface area contributed by atoms with Crippen LogP contribution in [-0.4, -0.2) is 38.2 Å². The van der Waals surface area contributed by atoms with Gasteiger partial charge >= 0.3 is 0 Å². The standard InChI is InChI=1S/C16H23FN2O/c1-20-15-11-13(17)5-6-14(15)16(12-3-2-4-12)19-9-7-18-8-10-19/h5-6,11-12,16,18H,2-4,7-10H2,1H3/t16-/m0/s1. The molecule has 3 nitrogen and oxygen atoms in total. The van der Waals surface area contributed by atoms with Crippen LogP contribution in [0.5, 0.6) is 5.75 Å². The molecule has 20 heavy (non-hydrogen) atoms. The third-order valence-electron chi connectivity index (χ3n) is 4.66. The molecule has 1 saturated heterocycles. The quantitative estimate of drug-likeness (QED) is 0.916. The minimum atomic E-state index is -0.224. The zero-order valence-electron chi connectivity index (χ0n) is 12.1. The van der Waals surface area contributed by atoms with Gasteiger partial charge < -0.3 is 10.1 Å². The van der Waals surface area contributed by atoms with Crippen LogP contribution in [-0.2, 0) is 0 Å². The van der Waals surface area contributed by atoms with Crippen molar-refractivity contribution in [3.05, 3.63) is 29.6 Å². The fourth-order valence-corrected chi connectivity index (χ4v) is 3.39. The molecule has 1 aliphatic heterocycles. The minimum absolute atomic E-state index is 0.224. The summed E-state index contributed by atoms with van der Waals surface area (Å²) in [7, 11) is 1.63. The number of ether oxygens (including phenoxy) is 1. The Bertz CT molecular complexity index is 456. The van der Waals surface area contributed by atoms with Gasteiger partial charge in [-0.05, 0) is 24.8 Å². The van der Waals surface area contributed by atoms with Crippen molar-refractivity contribution in [2.24, 2.45) is 5.92 Å². The number of rotatable bonds is 4. The van der Waals surface area contributed by atoms with E-state index in [1.54, 1.807) is 13.2 Å². The van der Waals surface area contributed by atoms with Crippen LogP contribution in [0.3, 0.4) is 0 Å². The number of hydrogen-bond donors (Lipinski definition) is 1. The fourth-order valence-electron chi connectivity index (χ4n) is 3.39. The SMILES string of the molecule is COc1cc(F)ccc1[C@H](C1CCC1)N1CCNCC1. The monoisotopic (exact) mass is 278 g/mol. The molecule has 1 aromatic rings. The molecular weight excluding hydrogens is 255 g/mol. The Balaban J connectivity index is 1.91. The first-order valence-corrected chi connectivity index (χ1v) is 7.58. The molecule has 0 radical (unpaired) electrons. The van der Waals surface area contributed by atoms with E-state index in [1.807, 2.05) is 6.07 Å². The highest BCUT2D eigenvalue weighted by Crippen LogP contribution is 2.44. The highest BCUT2D eigenvalue weighted by Gasteiger charge is 2.35. The van der Waals surface area contributed by atoms with Crippen LogP contribution < -0.4 is 10.1 Å². The van der Waals surface area contributed by atoms with Crippen molar-refractivity contribution >= 4 is 0 Å². The maximum atomic E-state index is 13.4. The van der Waals surface area contributed by atoms with Crippen LogP contribution in [0.25, 0.3) is 0 Å². The van der Waals surface area contributed by atoms with Gasteiger partial charge in [-0.1, -0.05) is 12.5 Å². The number of piperazine rings is 1. The lowest BCUT2D eigenvalue weighted by atomic mass is 9.76. The highest BCUT2D eigenvalue weighted by molar-refractivity contribution is 5.37. The third-order valence-corrected chi connectivity index (χ3v) is 4.66. The molecule has 1 aromatic carbocycles. The van der Waals surface area contributed by atoms with Gasteiger partial charge in [-0.3, -0.25) is 4.90 Å². The van der Waals surface area contributed by atoms with Gasteiger partial charge in [0, 0.05) is 43.9 Å². The Morgan fingerprint density at radius 1 is 1.30 bits per heavy atom. The first-order chi connectivity index (χ1) is 9.79. The van der Waals surface area contributed by atoms with E-state index in [0.29, 0.717) is 17.7 Å². The van der Waals surface area contributed by atoms with Gasteiger partial charge in [0.1, 0.15) is 11.6 Å². The lowest BCUT2D eigenvalue weighted by molar-refractivity contribution is 0.0818. The Morgan fingerprint density at radius 2 is 2.05 bits per heavy atom. The summed E-state index contributed by atoms with van der Waals surface area (Å²) in [6, 6.07) is 5.37. The number of methoxy groups -OCH3 is 1. The maximum absolute atomic E-state index is 13.4. The van der Waals surface area contributed by atoms with E-state index in [-0.39, 0.29) is 5.82 Å². The smallest absolute Gasteiger partial charge is 0.126 e. The summed E-state index contributed by atoms with van der Waals surface area (Å²) in [4.78, 5) is 2.54. The van der Waals surface area contributed by atoms with Gasteiger partial charge in [-0.2, -0.15) is 0 Å². The summed E-state index contributed by atoms with van der Waals surface area (Å²) in [6.45, 7) is 4.18. The molecule has 4 heteroatoms. The molecule has 110 valence electrons. The number of hydrogen-bond acceptors (Lipinski definition) is 3. The normalized spacial score (nSPS) is 22.3. The van der Waals surface area contributed by atoms with Crippen LogP contribution in [0.2, 0.25) is 0 Å². The zero-order chi connectivity index (χ0) is 13.9. The van der Waals surface area contributed by atoms with Crippen LogP contribution >= 0.6 is 0 Å².